The third-order valence-corrected chi connectivity index (χ3v) is 10.0. The smallest absolute Gasteiger partial charge is 0.333 e. The van der Waals surface area contributed by atoms with Gasteiger partial charge in [-0.1, -0.05) is 57.2 Å². The van der Waals surface area contributed by atoms with Gasteiger partial charge in [-0.2, -0.15) is 0 Å². The van der Waals surface area contributed by atoms with Gasteiger partial charge in [-0.15, -0.1) is 0 Å². The van der Waals surface area contributed by atoms with E-state index in [0.717, 1.165) is 12.0 Å². The standard InChI is InChI=1S/C21H32O4Si/c1-21(2,3)26(5,6)25-19-13-12-17(20(22)23-4)18(19)15-24-14-16-10-8-7-9-11-16/h7-12,18-19H,13-15H2,1-6H3. The van der Waals surface area contributed by atoms with Gasteiger partial charge in [0.15, 0.2) is 8.32 Å². The number of esters is 1. The predicted octanol–water partition coefficient (Wildman–Crippen LogP) is 4.71. The summed E-state index contributed by atoms with van der Waals surface area (Å²) in [6.07, 6.45) is 2.66. The number of carbonyl (C=O) groups is 1. The van der Waals surface area contributed by atoms with Crippen LogP contribution in [-0.2, 0) is 25.3 Å². The predicted molar refractivity (Wildman–Crippen MR) is 106 cm³/mol. The van der Waals surface area contributed by atoms with E-state index in [1.54, 1.807) is 0 Å². The molecule has 144 valence electrons. The number of hydrogen-bond acceptors (Lipinski definition) is 4. The number of methoxy groups -OCH3 is 1. The first-order valence-electron chi connectivity index (χ1n) is 9.23. The molecule has 0 amide bonds. The van der Waals surface area contributed by atoms with E-state index in [9.17, 15) is 4.79 Å². The maximum Gasteiger partial charge on any atom is 0.333 e. The number of benzene rings is 1. The Morgan fingerprint density at radius 1 is 1.19 bits per heavy atom. The van der Waals surface area contributed by atoms with Crippen molar-refractivity contribution in [1.82, 2.24) is 0 Å². The van der Waals surface area contributed by atoms with Crippen molar-refractivity contribution in [3.05, 3.63) is 47.5 Å². The normalized spacial score (nSPS) is 20.8. The first-order valence-corrected chi connectivity index (χ1v) is 12.1. The highest BCUT2D eigenvalue weighted by Crippen LogP contribution is 2.41. The number of rotatable bonds is 7. The van der Waals surface area contributed by atoms with E-state index in [0.29, 0.717) is 18.8 Å². The molecule has 0 N–H and O–H groups in total. The fourth-order valence-electron chi connectivity index (χ4n) is 2.87. The van der Waals surface area contributed by atoms with Crippen LogP contribution in [0.25, 0.3) is 0 Å². The highest BCUT2D eigenvalue weighted by Gasteiger charge is 2.43. The molecule has 26 heavy (non-hydrogen) atoms. The SMILES string of the molecule is COC(=O)C1=CCC(O[Si](C)(C)C(C)(C)C)C1COCc1ccccc1. The van der Waals surface area contributed by atoms with Crippen LogP contribution in [0, 0.1) is 5.92 Å². The Bertz CT molecular complexity index is 631. The molecule has 0 spiro atoms. The molecule has 2 atom stereocenters. The molecular formula is C21H32O4Si. The van der Waals surface area contributed by atoms with Crippen LogP contribution in [-0.4, -0.2) is 34.1 Å². The summed E-state index contributed by atoms with van der Waals surface area (Å²) in [5.41, 5.74) is 1.81. The Hall–Kier alpha value is -1.43. The first-order chi connectivity index (χ1) is 12.2. The molecule has 0 saturated heterocycles. The lowest BCUT2D eigenvalue weighted by Crippen LogP contribution is -2.46. The van der Waals surface area contributed by atoms with E-state index in [4.69, 9.17) is 13.9 Å². The molecule has 1 aliphatic carbocycles. The van der Waals surface area contributed by atoms with E-state index < -0.39 is 8.32 Å². The number of ether oxygens (including phenoxy) is 2. The Kier molecular flexibility index (Phi) is 6.83. The zero-order chi connectivity index (χ0) is 19.4. The maximum atomic E-state index is 12.2. The molecule has 5 heteroatoms. The summed E-state index contributed by atoms with van der Waals surface area (Å²) in [5, 5.41) is 0.121. The molecular weight excluding hydrogens is 344 g/mol. The molecule has 0 bridgehead atoms. The second-order valence-electron chi connectivity index (χ2n) is 8.41. The molecule has 1 aromatic rings. The summed E-state index contributed by atoms with van der Waals surface area (Å²) in [6, 6.07) is 10.1. The van der Waals surface area contributed by atoms with Gasteiger partial charge in [0.1, 0.15) is 0 Å². The second-order valence-corrected chi connectivity index (χ2v) is 13.2. The highest BCUT2D eigenvalue weighted by atomic mass is 28.4. The third-order valence-electron chi connectivity index (χ3n) is 5.50. The molecule has 0 heterocycles. The van der Waals surface area contributed by atoms with Gasteiger partial charge in [0.05, 0.1) is 26.4 Å². The lowest BCUT2D eigenvalue weighted by molar-refractivity contribution is -0.137. The van der Waals surface area contributed by atoms with Crippen molar-refractivity contribution in [2.75, 3.05) is 13.7 Å². The van der Waals surface area contributed by atoms with Crippen LogP contribution in [0.15, 0.2) is 42.0 Å². The summed E-state index contributed by atoms with van der Waals surface area (Å²) >= 11 is 0. The molecule has 0 aliphatic heterocycles. The van der Waals surface area contributed by atoms with Crippen LogP contribution in [0.5, 0.6) is 0 Å². The summed E-state index contributed by atoms with van der Waals surface area (Å²) in [7, 11) is -0.507. The molecule has 2 rings (SSSR count). The van der Waals surface area contributed by atoms with Crippen molar-refractivity contribution < 1.29 is 18.7 Å². The van der Waals surface area contributed by atoms with Crippen LogP contribution < -0.4 is 0 Å². The fourth-order valence-corrected chi connectivity index (χ4v) is 4.24. The van der Waals surface area contributed by atoms with Gasteiger partial charge in [0, 0.05) is 11.5 Å². The van der Waals surface area contributed by atoms with Crippen LogP contribution in [0.1, 0.15) is 32.8 Å². The summed E-state index contributed by atoms with van der Waals surface area (Å²) < 4.78 is 17.5. The highest BCUT2D eigenvalue weighted by molar-refractivity contribution is 6.74. The molecule has 1 aromatic carbocycles. The van der Waals surface area contributed by atoms with Gasteiger partial charge in [-0.3, -0.25) is 0 Å². The molecule has 0 radical (unpaired) electrons. The maximum absolute atomic E-state index is 12.2. The third kappa shape index (κ3) is 5.06. The zero-order valence-electron chi connectivity index (χ0n) is 16.9. The van der Waals surface area contributed by atoms with E-state index in [2.05, 4.69) is 33.9 Å². The molecule has 4 nitrogen and oxygen atoms in total. The molecule has 0 saturated carbocycles. The quantitative estimate of drug-likeness (QED) is 0.510. The van der Waals surface area contributed by atoms with Crippen molar-refractivity contribution in [1.29, 1.82) is 0 Å². The summed E-state index contributed by atoms with van der Waals surface area (Å²) in [4.78, 5) is 12.2. The molecule has 0 aromatic heterocycles. The van der Waals surface area contributed by atoms with Gasteiger partial charge in [0.2, 0.25) is 0 Å². The largest absolute Gasteiger partial charge is 0.466 e. The minimum absolute atomic E-state index is 0.0271. The molecule has 2 unspecified atom stereocenters. The summed E-state index contributed by atoms with van der Waals surface area (Å²) in [6.45, 7) is 12.1. The molecule has 0 fully saturated rings. The lowest BCUT2D eigenvalue weighted by atomic mass is 10.0. The van der Waals surface area contributed by atoms with Crippen LogP contribution in [0.3, 0.4) is 0 Å². The topological polar surface area (TPSA) is 44.8 Å². The Labute approximate surface area is 158 Å². The van der Waals surface area contributed by atoms with Crippen molar-refractivity contribution in [3.8, 4) is 0 Å². The van der Waals surface area contributed by atoms with Gasteiger partial charge >= 0.3 is 5.97 Å². The van der Waals surface area contributed by atoms with E-state index >= 15 is 0 Å². The average Bonchev–Trinajstić information content (AvgIpc) is 2.96. The van der Waals surface area contributed by atoms with Gasteiger partial charge in [-0.05, 0) is 30.1 Å². The fraction of sp³-hybridized carbons (Fsp3) is 0.571. The molecule has 1 aliphatic rings. The van der Waals surface area contributed by atoms with E-state index in [-0.39, 0.29) is 23.0 Å². The van der Waals surface area contributed by atoms with Crippen LogP contribution in [0.2, 0.25) is 18.1 Å². The lowest BCUT2D eigenvalue weighted by Gasteiger charge is -2.40. The van der Waals surface area contributed by atoms with Gasteiger partial charge in [-0.25, -0.2) is 4.79 Å². The Morgan fingerprint density at radius 3 is 2.42 bits per heavy atom. The van der Waals surface area contributed by atoms with Gasteiger partial charge in [0.25, 0.3) is 0 Å². The Morgan fingerprint density at radius 2 is 1.85 bits per heavy atom. The van der Waals surface area contributed by atoms with Crippen molar-refractivity contribution in [2.24, 2.45) is 5.92 Å². The first kappa shape index (κ1) is 20.9. The van der Waals surface area contributed by atoms with Gasteiger partial charge < -0.3 is 13.9 Å². The minimum Gasteiger partial charge on any atom is -0.466 e. The average molecular weight is 377 g/mol. The minimum atomic E-state index is -1.93. The number of carbonyl (C=O) groups excluding carboxylic acids is 1. The van der Waals surface area contributed by atoms with Crippen LogP contribution in [0.4, 0.5) is 0 Å². The zero-order valence-corrected chi connectivity index (χ0v) is 17.9. The number of hydrogen-bond donors (Lipinski definition) is 0. The van der Waals surface area contributed by atoms with E-state index in [1.807, 2.05) is 36.4 Å². The van der Waals surface area contributed by atoms with E-state index in [1.165, 1.54) is 7.11 Å². The van der Waals surface area contributed by atoms with Crippen molar-refractivity contribution in [3.63, 3.8) is 0 Å². The monoisotopic (exact) mass is 376 g/mol. The second kappa shape index (κ2) is 8.50. The van der Waals surface area contributed by atoms with Crippen LogP contribution >= 0.6 is 0 Å². The summed E-state index contributed by atoms with van der Waals surface area (Å²) in [5.74, 6) is -0.361. The van der Waals surface area contributed by atoms with Crippen molar-refractivity contribution in [2.45, 2.75) is 58.0 Å². The Balaban J connectivity index is 2.06. The van der Waals surface area contributed by atoms with Crippen molar-refractivity contribution >= 4 is 14.3 Å².